The average Bonchev–Trinajstić information content (AvgIpc) is 2.76. The highest BCUT2D eigenvalue weighted by Gasteiger charge is 2.21. The molecule has 1 fully saturated rings. The van der Waals surface area contributed by atoms with Crippen molar-refractivity contribution in [2.75, 3.05) is 26.4 Å². The van der Waals surface area contributed by atoms with E-state index in [0.29, 0.717) is 38.9 Å². The highest BCUT2D eigenvalue weighted by Crippen LogP contribution is 2.31. The minimum atomic E-state index is -0.293. The molecule has 3 heterocycles. The quantitative estimate of drug-likeness (QED) is 0.748. The van der Waals surface area contributed by atoms with Gasteiger partial charge in [0.05, 0.1) is 31.6 Å². The first-order valence-corrected chi connectivity index (χ1v) is 10.8. The Bertz CT molecular complexity index is 934. The molecule has 7 heteroatoms. The first-order chi connectivity index (χ1) is 14.5. The molecule has 0 saturated carbocycles. The summed E-state index contributed by atoms with van der Waals surface area (Å²) in [6.45, 7) is 6.62. The molecule has 2 atom stereocenters. The number of aryl methyl sites for hydroxylation is 2. The van der Waals surface area contributed by atoms with Crippen LogP contribution in [0.3, 0.4) is 0 Å². The summed E-state index contributed by atoms with van der Waals surface area (Å²) in [7, 11) is 0. The standard InChI is InChI=1S/C23H30N2O5/c1-15(2)21(26)6-4-16-3-5-19-17(11-16)7-8-25-20(19)12-22(24-23(25)27)30-14-18-13-28-9-10-29-18/h3,5,11-12,15,18,21,26H,4,6-10,13-14H2,1-2H3. The van der Waals surface area contributed by atoms with Gasteiger partial charge in [-0.25, -0.2) is 4.79 Å². The molecular formula is C23H30N2O5. The number of rotatable bonds is 7. The predicted molar refractivity (Wildman–Crippen MR) is 113 cm³/mol. The first-order valence-electron chi connectivity index (χ1n) is 10.8. The van der Waals surface area contributed by atoms with Gasteiger partial charge in [0, 0.05) is 18.2 Å². The monoisotopic (exact) mass is 414 g/mol. The molecule has 162 valence electrons. The highest BCUT2D eigenvalue weighted by molar-refractivity contribution is 5.67. The average molecular weight is 415 g/mol. The molecule has 1 saturated heterocycles. The summed E-state index contributed by atoms with van der Waals surface area (Å²) in [4.78, 5) is 16.6. The number of nitrogens with zero attached hydrogens (tertiary/aromatic N) is 2. The smallest absolute Gasteiger partial charge is 0.351 e. The van der Waals surface area contributed by atoms with Gasteiger partial charge in [0.25, 0.3) is 0 Å². The van der Waals surface area contributed by atoms with Crippen molar-refractivity contribution in [3.05, 3.63) is 45.9 Å². The fourth-order valence-corrected chi connectivity index (χ4v) is 3.95. The zero-order valence-electron chi connectivity index (χ0n) is 17.7. The predicted octanol–water partition coefficient (Wildman–Crippen LogP) is 2.21. The topological polar surface area (TPSA) is 82.8 Å². The van der Waals surface area contributed by atoms with E-state index in [1.165, 1.54) is 11.1 Å². The van der Waals surface area contributed by atoms with Crippen molar-refractivity contribution in [3.63, 3.8) is 0 Å². The van der Waals surface area contributed by atoms with Crippen LogP contribution in [0.1, 0.15) is 31.4 Å². The van der Waals surface area contributed by atoms with E-state index in [9.17, 15) is 9.90 Å². The molecule has 2 unspecified atom stereocenters. The Hall–Kier alpha value is -2.22. The second kappa shape index (κ2) is 9.29. The van der Waals surface area contributed by atoms with Gasteiger partial charge in [-0.05, 0) is 36.3 Å². The molecule has 0 spiro atoms. The molecule has 2 aliphatic heterocycles. The maximum Gasteiger partial charge on any atom is 0.351 e. The number of ether oxygens (including phenoxy) is 3. The lowest BCUT2D eigenvalue weighted by Crippen LogP contribution is -2.34. The van der Waals surface area contributed by atoms with Crippen LogP contribution in [0.2, 0.25) is 0 Å². The first kappa shape index (κ1) is 21.0. The molecular weight excluding hydrogens is 384 g/mol. The molecule has 7 nitrogen and oxygen atoms in total. The van der Waals surface area contributed by atoms with Crippen molar-refractivity contribution in [3.8, 4) is 17.1 Å². The Balaban J connectivity index is 1.52. The number of benzene rings is 1. The molecule has 4 rings (SSSR count). The van der Waals surface area contributed by atoms with Gasteiger partial charge in [0.15, 0.2) is 0 Å². The Morgan fingerprint density at radius 3 is 2.93 bits per heavy atom. The largest absolute Gasteiger partial charge is 0.475 e. The van der Waals surface area contributed by atoms with Crippen molar-refractivity contribution < 1.29 is 19.3 Å². The summed E-state index contributed by atoms with van der Waals surface area (Å²) >= 11 is 0. The Kier molecular flexibility index (Phi) is 6.51. The Morgan fingerprint density at radius 1 is 1.30 bits per heavy atom. The van der Waals surface area contributed by atoms with Crippen LogP contribution in [0.4, 0.5) is 0 Å². The van der Waals surface area contributed by atoms with Crippen LogP contribution in [0, 0.1) is 5.92 Å². The van der Waals surface area contributed by atoms with E-state index in [-0.39, 0.29) is 23.8 Å². The van der Waals surface area contributed by atoms with Crippen LogP contribution < -0.4 is 10.4 Å². The van der Waals surface area contributed by atoms with Crippen LogP contribution in [0.15, 0.2) is 29.1 Å². The molecule has 1 aromatic carbocycles. The zero-order chi connectivity index (χ0) is 21.1. The van der Waals surface area contributed by atoms with Crippen molar-refractivity contribution in [2.45, 2.75) is 51.9 Å². The van der Waals surface area contributed by atoms with Gasteiger partial charge in [-0.3, -0.25) is 4.57 Å². The normalized spacial score (nSPS) is 19.3. The van der Waals surface area contributed by atoms with Gasteiger partial charge in [-0.15, -0.1) is 0 Å². The van der Waals surface area contributed by atoms with Crippen LogP contribution in [-0.2, 0) is 28.9 Å². The molecule has 1 aromatic heterocycles. The van der Waals surface area contributed by atoms with Crippen LogP contribution >= 0.6 is 0 Å². The fourth-order valence-electron chi connectivity index (χ4n) is 3.95. The van der Waals surface area contributed by atoms with Gasteiger partial charge in [0.2, 0.25) is 5.88 Å². The molecule has 2 aliphatic rings. The third-order valence-electron chi connectivity index (χ3n) is 5.84. The Morgan fingerprint density at radius 2 is 2.17 bits per heavy atom. The highest BCUT2D eigenvalue weighted by atomic mass is 16.6. The third kappa shape index (κ3) is 4.74. The summed E-state index contributed by atoms with van der Waals surface area (Å²) in [5.74, 6) is 0.579. The van der Waals surface area contributed by atoms with E-state index in [0.717, 1.165) is 30.5 Å². The van der Waals surface area contributed by atoms with Gasteiger partial charge in [-0.1, -0.05) is 32.0 Å². The lowest BCUT2D eigenvalue weighted by molar-refractivity contribution is -0.102. The van der Waals surface area contributed by atoms with Crippen molar-refractivity contribution >= 4 is 0 Å². The number of aromatic nitrogens is 2. The van der Waals surface area contributed by atoms with Gasteiger partial charge in [-0.2, -0.15) is 4.98 Å². The number of aliphatic hydroxyl groups is 1. The van der Waals surface area contributed by atoms with E-state index in [2.05, 4.69) is 23.2 Å². The summed E-state index contributed by atoms with van der Waals surface area (Å²) in [6.07, 6.45) is 1.95. The van der Waals surface area contributed by atoms with Crippen LogP contribution in [0.5, 0.6) is 5.88 Å². The molecule has 1 N–H and O–H groups in total. The maximum absolute atomic E-state index is 12.5. The van der Waals surface area contributed by atoms with E-state index in [4.69, 9.17) is 14.2 Å². The summed E-state index contributed by atoms with van der Waals surface area (Å²) in [5, 5.41) is 10.1. The molecule has 0 radical (unpaired) electrons. The molecule has 0 amide bonds. The number of fused-ring (bicyclic) bond motifs is 3. The van der Waals surface area contributed by atoms with E-state index >= 15 is 0 Å². The fraction of sp³-hybridized carbons (Fsp3) is 0.565. The lowest BCUT2D eigenvalue weighted by atomic mass is 9.93. The molecule has 2 aromatic rings. The minimum absolute atomic E-state index is 0.143. The zero-order valence-corrected chi connectivity index (χ0v) is 17.7. The number of hydrogen-bond acceptors (Lipinski definition) is 6. The second-order valence-electron chi connectivity index (χ2n) is 8.38. The van der Waals surface area contributed by atoms with E-state index < -0.39 is 0 Å². The van der Waals surface area contributed by atoms with E-state index in [1.807, 2.05) is 19.9 Å². The molecule has 0 aliphatic carbocycles. The summed E-state index contributed by atoms with van der Waals surface area (Å²) in [5.41, 5.74) is 4.01. The van der Waals surface area contributed by atoms with E-state index in [1.54, 1.807) is 4.57 Å². The Labute approximate surface area is 176 Å². The lowest BCUT2D eigenvalue weighted by Gasteiger charge is -2.24. The van der Waals surface area contributed by atoms with Crippen molar-refractivity contribution in [1.82, 2.24) is 9.55 Å². The van der Waals surface area contributed by atoms with Gasteiger partial charge >= 0.3 is 5.69 Å². The SMILES string of the molecule is CC(C)C(O)CCc1ccc2c(c1)CCn1c-2cc(OCC2COCCO2)nc1=O. The minimum Gasteiger partial charge on any atom is -0.475 e. The number of hydrogen-bond donors (Lipinski definition) is 1. The summed E-state index contributed by atoms with van der Waals surface area (Å²) in [6, 6.07) is 8.19. The third-order valence-corrected chi connectivity index (χ3v) is 5.84. The van der Waals surface area contributed by atoms with Crippen LogP contribution in [-0.4, -0.2) is 53.3 Å². The summed E-state index contributed by atoms with van der Waals surface area (Å²) < 4.78 is 18.4. The van der Waals surface area contributed by atoms with Gasteiger partial charge < -0.3 is 19.3 Å². The van der Waals surface area contributed by atoms with Crippen molar-refractivity contribution in [1.29, 1.82) is 0 Å². The molecule has 30 heavy (non-hydrogen) atoms. The van der Waals surface area contributed by atoms with Gasteiger partial charge in [0.1, 0.15) is 12.7 Å². The van der Waals surface area contributed by atoms with Crippen LogP contribution in [0.25, 0.3) is 11.3 Å². The second-order valence-corrected chi connectivity index (χ2v) is 8.38. The molecule has 0 bridgehead atoms. The number of aliphatic hydroxyl groups excluding tert-OH is 1. The van der Waals surface area contributed by atoms with Crippen molar-refractivity contribution in [2.24, 2.45) is 5.92 Å². The maximum atomic E-state index is 12.5.